The van der Waals surface area contributed by atoms with Crippen molar-refractivity contribution in [1.29, 1.82) is 0 Å². The van der Waals surface area contributed by atoms with E-state index in [0.717, 1.165) is 0 Å². The summed E-state index contributed by atoms with van der Waals surface area (Å²) in [4.78, 5) is 23.8. The average molecular weight is 410 g/mol. The predicted octanol–water partition coefficient (Wildman–Crippen LogP) is 3.66. The second-order valence-corrected chi connectivity index (χ2v) is 6.45. The third-order valence-electron chi connectivity index (χ3n) is 3.50. The maximum Gasteiger partial charge on any atom is 0.240 e. The van der Waals surface area contributed by atoms with Crippen LogP contribution < -0.4 is 10.7 Å². The zero-order valence-corrected chi connectivity index (χ0v) is 15.8. The number of amides is 2. The largest absolute Gasteiger partial charge is 0.508 e. The Bertz CT molecular complexity index is 900. The first kappa shape index (κ1) is 20.5. The number of nitrogens with zero attached hydrogens (tertiary/aromatic N) is 1. The van der Waals surface area contributed by atoms with E-state index in [1.165, 1.54) is 24.3 Å². The summed E-state index contributed by atoms with van der Waals surface area (Å²) in [6.45, 7) is 1.56. The van der Waals surface area contributed by atoms with E-state index in [4.69, 9.17) is 23.2 Å². The Morgan fingerprint density at radius 3 is 2.44 bits per heavy atom. The van der Waals surface area contributed by atoms with E-state index in [1.807, 2.05) is 0 Å². The Kier molecular flexibility index (Phi) is 7.04. The molecule has 0 aliphatic carbocycles. The van der Waals surface area contributed by atoms with Gasteiger partial charge in [0.15, 0.2) is 0 Å². The molecule has 4 N–H and O–H groups in total. The number of halogens is 2. The van der Waals surface area contributed by atoms with Gasteiger partial charge in [-0.25, -0.2) is 5.43 Å². The van der Waals surface area contributed by atoms with Crippen molar-refractivity contribution in [2.24, 2.45) is 5.10 Å². The monoisotopic (exact) mass is 409 g/mol. The fourth-order valence-electron chi connectivity index (χ4n) is 2.11. The van der Waals surface area contributed by atoms with E-state index >= 15 is 0 Å². The molecular weight excluding hydrogens is 393 g/mol. The van der Waals surface area contributed by atoms with Gasteiger partial charge in [0.25, 0.3) is 0 Å². The van der Waals surface area contributed by atoms with Crippen molar-refractivity contribution in [1.82, 2.24) is 5.43 Å². The third kappa shape index (κ3) is 6.16. The second-order valence-electron chi connectivity index (χ2n) is 5.61. The van der Waals surface area contributed by atoms with E-state index in [0.29, 0.717) is 21.4 Å². The number of carbonyl (C=O) groups is 2. The molecule has 27 heavy (non-hydrogen) atoms. The summed E-state index contributed by atoms with van der Waals surface area (Å²) in [6, 6.07) is 8.62. The van der Waals surface area contributed by atoms with E-state index in [9.17, 15) is 19.8 Å². The SMILES string of the molecule is C/C(=N/NC(=O)CCC(=O)Nc1ccc(Cl)cc1Cl)c1cc(O)ccc1O. The van der Waals surface area contributed by atoms with E-state index in [2.05, 4.69) is 15.8 Å². The van der Waals surface area contributed by atoms with Crippen molar-refractivity contribution in [3.05, 3.63) is 52.0 Å². The molecule has 9 heteroatoms. The fraction of sp³-hybridized carbons (Fsp3) is 0.167. The van der Waals surface area contributed by atoms with Crippen LogP contribution in [0.1, 0.15) is 25.3 Å². The van der Waals surface area contributed by atoms with Gasteiger partial charge in [-0.05, 0) is 43.3 Å². The number of aromatic hydroxyl groups is 2. The molecule has 0 fully saturated rings. The molecular formula is C18H17Cl2N3O4. The Labute approximate surface area is 165 Å². The number of phenolic OH excluding ortho intramolecular Hbond substituents is 2. The lowest BCUT2D eigenvalue weighted by molar-refractivity contribution is -0.124. The number of rotatable bonds is 6. The van der Waals surface area contributed by atoms with Gasteiger partial charge in [-0.1, -0.05) is 23.2 Å². The van der Waals surface area contributed by atoms with Crippen LogP contribution in [0.15, 0.2) is 41.5 Å². The normalized spacial score (nSPS) is 11.1. The summed E-state index contributed by atoms with van der Waals surface area (Å²) in [5.74, 6) is -0.990. The highest BCUT2D eigenvalue weighted by Gasteiger charge is 2.10. The van der Waals surface area contributed by atoms with Crippen molar-refractivity contribution < 1.29 is 19.8 Å². The van der Waals surface area contributed by atoms with Crippen LogP contribution in [0.2, 0.25) is 10.0 Å². The van der Waals surface area contributed by atoms with Gasteiger partial charge in [0, 0.05) is 23.4 Å². The lowest BCUT2D eigenvalue weighted by atomic mass is 10.1. The molecule has 0 aliphatic rings. The minimum absolute atomic E-state index is 0.0405. The van der Waals surface area contributed by atoms with Crippen LogP contribution in [0.5, 0.6) is 11.5 Å². The maximum absolute atomic E-state index is 11.9. The van der Waals surface area contributed by atoms with Crippen molar-refractivity contribution in [2.75, 3.05) is 5.32 Å². The lowest BCUT2D eigenvalue weighted by Crippen LogP contribution is -2.21. The molecule has 2 aromatic carbocycles. The Morgan fingerprint density at radius 2 is 1.74 bits per heavy atom. The van der Waals surface area contributed by atoms with Crippen LogP contribution in [-0.4, -0.2) is 27.7 Å². The molecule has 0 atom stereocenters. The minimum Gasteiger partial charge on any atom is -0.508 e. The average Bonchev–Trinajstić information content (AvgIpc) is 2.62. The van der Waals surface area contributed by atoms with Crippen LogP contribution in [0.25, 0.3) is 0 Å². The molecule has 0 saturated carbocycles. The van der Waals surface area contributed by atoms with Crippen LogP contribution in [-0.2, 0) is 9.59 Å². The zero-order chi connectivity index (χ0) is 20.0. The molecule has 2 amide bonds. The number of phenols is 2. The predicted molar refractivity (Wildman–Crippen MR) is 104 cm³/mol. The Morgan fingerprint density at radius 1 is 1.04 bits per heavy atom. The first-order valence-corrected chi connectivity index (χ1v) is 8.62. The molecule has 0 aromatic heterocycles. The van der Waals surface area contributed by atoms with E-state index < -0.39 is 5.91 Å². The highest BCUT2D eigenvalue weighted by molar-refractivity contribution is 6.36. The van der Waals surface area contributed by atoms with Gasteiger partial charge >= 0.3 is 0 Å². The summed E-state index contributed by atoms with van der Waals surface area (Å²) in [5.41, 5.74) is 3.28. The molecule has 0 unspecified atom stereocenters. The van der Waals surface area contributed by atoms with Crippen LogP contribution in [0, 0.1) is 0 Å². The van der Waals surface area contributed by atoms with Crippen LogP contribution in [0.4, 0.5) is 5.69 Å². The van der Waals surface area contributed by atoms with Gasteiger partial charge in [0.2, 0.25) is 11.8 Å². The summed E-state index contributed by atoms with van der Waals surface area (Å²) in [6.07, 6.45) is -0.170. The Balaban J connectivity index is 1.86. The molecule has 0 radical (unpaired) electrons. The van der Waals surface area contributed by atoms with Crippen molar-refractivity contribution in [3.8, 4) is 11.5 Å². The molecule has 2 aromatic rings. The van der Waals surface area contributed by atoms with Crippen LogP contribution >= 0.6 is 23.2 Å². The standard InChI is InChI=1S/C18H17Cl2N3O4/c1-10(13-9-12(24)3-5-16(13)25)22-23-18(27)7-6-17(26)21-15-4-2-11(19)8-14(15)20/h2-5,8-9,24-25H,6-7H2,1H3,(H,21,26)(H,23,27)/b22-10-. The number of benzene rings is 2. The number of carbonyl (C=O) groups excluding carboxylic acids is 2. The first-order valence-electron chi connectivity index (χ1n) is 7.86. The van der Waals surface area contributed by atoms with Crippen molar-refractivity contribution >= 4 is 46.4 Å². The summed E-state index contributed by atoms with van der Waals surface area (Å²) < 4.78 is 0. The summed E-state index contributed by atoms with van der Waals surface area (Å²) in [5, 5.41) is 26.4. The molecule has 0 heterocycles. The highest BCUT2D eigenvalue weighted by Crippen LogP contribution is 2.25. The van der Waals surface area contributed by atoms with Gasteiger partial charge in [-0.3, -0.25) is 9.59 Å². The quantitative estimate of drug-likeness (QED) is 0.331. The molecule has 0 aliphatic heterocycles. The topological polar surface area (TPSA) is 111 Å². The third-order valence-corrected chi connectivity index (χ3v) is 4.05. The lowest BCUT2D eigenvalue weighted by Gasteiger charge is -2.08. The highest BCUT2D eigenvalue weighted by atomic mass is 35.5. The minimum atomic E-state index is -0.480. The molecule has 2 rings (SSSR count). The van der Waals surface area contributed by atoms with Gasteiger partial charge in [-0.2, -0.15) is 5.10 Å². The molecule has 0 saturated heterocycles. The number of nitrogens with one attached hydrogen (secondary N) is 2. The van der Waals surface area contributed by atoms with Crippen molar-refractivity contribution in [3.63, 3.8) is 0 Å². The number of hydrazone groups is 1. The van der Waals surface area contributed by atoms with E-state index in [-0.39, 0.29) is 35.8 Å². The molecule has 0 spiro atoms. The van der Waals surface area contributed by atoms with Gasteiger partial charge in [0.05, 0.1) is 16.4 Å². The smallest absolute Gasteiger partial charge is 0.240 e. The zero-order valence-electron chi connectivity index (χ0n) is 14.3. The molecule has 7 nitrogen and oxygen atoms in total. The van der Waals surface area contributed by atoms with E-state index in [1.54, 1.807) is 19.1 Å². The molecule has 142 valence electrons. The van der Waals surface area contributed by atoms with Crippen LogP contribution in [0.3, 0.4) is 0 Å². The van der Waals surface area contributed by atoms with Crippen molar-refractivity contribution in [2.45, 2.75) is 19.8 Å². The van der Waals surface area contributed by atoms with Gasteiger partial charge in [0.1, 0.15) is 11.5 Å². The first-order chi connectivity index (χ1) is 12.8. The number of hydrogen-bond donors (Lipinski definition) is 4. The number of anilines is 1. The fourth-order valence-corrected chi connectivity index (χ4v) is 2.56. The summed E-state index contributed by atoms with van der Waals surface area (Å²) in [7, 11) is 0. The number of hydrogen-bond acceptors (Lipinski definition) is 5. The van der Waals surface area contributed by atoms with Gasteiger partial charge < -0.3 is 15.5 Å². The molecule has 0 bridgehead atoms. The maximum atomic E-state index is 11.9. The Hall–Kier alpha value is -2.77. The van der Waals surface area contributed by atoms with Gasteiger partial charge in [-0.15, -0.1) is 0 Å². The second kappa shape index (κ2) is 9.25. The summed E-state index contributed by atoms with van der Waals surface area (Å²) >= 11 is 11.8.